The number of rotatable bonds is 7. The van der Waals surface area contributed by atoms with Crippen LogP contribution in [-0.2, 0) is 11.4 Å². The number of aliphatic hydroxyl groups is 2. The molecule has 11 heteroatoms. The van der Waals surface area contributed by atoms with E-state index in [1.807, 2.05) is 29.2 Å². The molecular weight excluding hydrogens is 524 g/mol. The van der Waals surface area contributed by atoms with Crippen molar-refractivity contribution in [1.82, 2.24) is 24.5 Å². The summed E-state index contributed by atoms with van der Waals surface area (Å²) < 4.78 is 6.81. The van der Waals surface area contributed by atoms with Crippen molar-refractivity contribution in [1.29, 1.82) is 0 Å². The summed E-state index contributed by atoms with van der Waals surface area (Å²) >= 11 is 0. The summed E-state index contributed by atoms with van der Waals surface area (Å²) in [6.07, 6.45) is 5.95. The lowest BCUT2D eigenvalue weighted by atomic mass is 9.37. The molecule has 4 heterocycles. The van der Waals surface area contributed by atoms with E-state index in [0.29, 0.717) is 34.6 Å². The monoisotopic (exact) mass is 554 g/mol. The van der Waals surface area contributed by atoms with Crippen molar-refractivity contribution in [3.05, 3.63) is 59.5 Å². The van der Waals surface area contributed by atoms with Gasteiger partial charge in [-0.2, -0.15) is 9.61 Å². The SMILES string of the molecule is COc1ccc(-c2ccc(-c3cnn4c(N)c(C(C)=O)c(C5CC6N(C(=O)CO)C7CCC576)nc34)cn2)cc1CO. The number of ether oxygens (including phenoxy) is 1. The van der Waals surface area contributed by atoms with Crippen LogP contribution in [0.25, 0.3) is 28.0 Å². The van der Waals surface area contributed by atoms with Gasteiger partial charge in [0.05, 0.1) is 36.9 Å². The van der Waals surface area contributed by atoms with Crippen LogP contribution in [-0.4, -0.2) is 72.2 Å². The Morgan fingerprint density at radius 3 is 2.56 bits per heavy atom. The minimum absolute atomic E-state index is 0.000707. The summed E-state index contributed by atoms with van der Waals surface area (Å²) in [6, 6.07) is 9.51. The van der Waals surface area contributed by atoms with Gasteiger partial charge in [-0.05, 0) is 50.5 Å². The van der Waals surface area contributed by atoms with Gasteiger partial charge in [-0.1, -0.05) is 6.07 Å². The number of benzene rings is 1. The van der Waals surface area contributed by atoms with E-state index in [0.717, 1.165) is 35.2 Å². The largest absolute Gasteiger partial charge is 0.496 e. The van der Waals surface area contributed by atoms with Gasteiger partial charge in [-0.15, -0.1) is 0 Å². The maximum atomic E-state index is 12.8. The lowest BCUT2D eigenvalue weighted by Gasteiger charge is -2.79. The van der Waals surface area contributed by atoms with Crippen molar-refractivity contribution < 1.29 is 24.5 Å². The number of aliphatic hydroxyl groups excluding tert-OH is 2. The van der Waals surface area contributed by atoms with E-state index < -0.39 is 6.61 Å². The number of nitrogen functional groups attached to an aromatic ring is 1. The van der Waals surface area contributed by atoms with Gasteiger partial charge in [0.25, 0.3) is 0 Å². The van der Waals surface area contributed by atoms with Crippen LogP contribution in [0.2, 0.25) is 0 Å². The van der Waals surface area contributed by atoms with Crippen LogP contribution in [0.1, 0.15) is 53.7 Å². The fourth-order valence-corrected chi connectivity index (χ4v) is 7.47. The van der Waals surface area contributed by atoms with E-state index in [1.165, 1.54) is 11.4 Å². The highest BCUT2D eigenvalue weighted by Gasteiger charge is 2.76. The number of amides is 1. The van der Waals surface area contributed by atoms with Crippen LogP contribution in [0.3, 0.4) is 0 Å². The predicted octanol–water partition coefficient (Wildman–Crippen LogP) is 2.58. The molecule has 4 unspecified atom stereocenters. The second-order valence-corrected chi connectivity index (χ2v) is 11.2. The number of nitrogens with zero attached hydrogens (tertiary/aromatic N) is 5. The van der Waals surface area contributed by atoms with Gasteiger partial charge in [0, 0.05) is 51.9 Å². The number of Topliss-reactive ketones (excluding diaryl/α,β-unsaturated/α-hetero) is 1. The molecule has 1 saturated heterocycles. The molecular formula is C30H30N6O5. The molecule has 11 nitrogen and oxygen atoms in total. The third-order valence-electron chi connectivity index (χ3n) is 9.51. The van der Waals surface area contributed by atoms with E-state index in [4.69, 9.17) is 15.5 Å². The molecule has 4 N–H and O–H groups in total. The Balaban J connectivity index is 1.27. The summed E-state index contributed by atoms with van der Waals surface area (Å²) in [5.41, 5.74) is 11.8. The number of carbonyl (C=O) groups is 2. The quantitative estimate of drug-likeness (QED) is 0.292. The zero-order chi connectivity index (χ0) is 28.6. The van der Waals surface area contributed by atoms with Crippen molar-refractivity contribution in [2.45, 2.75) is 50.8 Å². The summed E-state index contributed by atoms with van der Waals surface area (Å²) in [5.74, 6) is 0.458. The number of pyridine rings is 1. The summed E-state index contributed by atoms with van der Waals surface area (Å²) in [7, 11) is 1.57. The Kier molecular flexibility index (Phi) is 5.67. The number of nitrogens with two attached hydrogens (primary N) is 1. The molecule has 41 heavy (non-hydrogen) atoms. The molecule has 4 atom stereocenters. The minimum Gasteiger partial charge on any atom is -0.496 e. The fourth-order valence-electron chi connectivity index (χ4n) is 7.47. The zero-order valence-electron chi connectivity index (χ0n) is 22.7. The Bertz CT molecular complexity index is 1730. The number of methoxy groups -OCH3 is 1. The third-order valence-corrected chi connectivity index (χ3v) is 9.51. The number of hydrogen-bond acceptors (Lipinski definition) is 9. The molecule has 210 valence electrons. The summed E-state index contributed by atoms with van der Waals surface area (Å²) in [5, 5.41) is 23.6. The first-order valence-electron chi connectivity index (χ1n) is 13.7. The first-order valence-corrected chi connectivity index (χ1v) is 13.7. The molecule has 2 saturated carbocycles. The molecule has 0 radical (unpaired) electrons. The van der Waals surface area contributed by atoms with Crippen molar-refractivity contribution in [3.8, 4) is 28.1 Å². The number of ketones is 1. The highest BCUT2D eigenvalue weighted by atomic mass is 16.5. The number of fused-ring (bicyclic) bond motifs is 1. The van der Waals surface area contributed by atoms with Crippen molar-refractivity contribution in [2.75, 3.05) is 19.5 Å². The number of aromatic nitrogens is 4. The van der Waals surface area contributed by atoms with Gasteiger partial charge in [0.2, 0.25) is 5.91 Å². The van der Waals surface area contributed by atoms with Crippen LogP contribution < -0.4 is 10.5 Å². The van der Waals surface area contributed by atoms with Crippen LogP contribution >= 0.6 is 0 Å². The van der Waals surface area contributed by atoms with Crippen LogP contribution in [0.5, 0.6) is 5.75 Å². The average molecular weight is 555 g/mol. The lowest BCUT2D eigenvalue weighted by molar-refractivity contribution is -0.271. The maximum absolute atomic E-state index is 12.8. The Morgan fingerprint density at radius 1 is 1.15 bits per heavy atom. The molecule has 1 aromatic carbocycles. The van der Waals surface area contributed by atoms with Crippen molar-refractivity contribution in [2.24, 2.45) is 5.41 Å². The zero-order valence-corrected chi connectivity index (χ0v) is 22.7. The van der Waals surface area contributed by atoms with E-state index in [9.17, 15) is 19.8 Å². The summed E-state index contributed by atoms with van der Waals surface area (Å²) in [6.45, 7) is 0.858. The van der Waals surface area contributed by atoms with Crippen LogP contribution in [0.4, 0.5) is 5.82 Å². The maximum Gasteiger partial charge on any atom is 0.248 e. The second-order valence-electron chi connectivity index (χ2n) is 11.2. The van der Waals surface area contributed by atoms with Crippen molar-refractivity contribution >= 4 is 23.2 Å². The third kappa shape index (κ3) is 3.36. The fraction of sp³-hybridized carbons (Fsp3) is 0.367. The van der Waals surface area contributed by atoms with E-state index in [-0.39, 0.29) is 47.5 Å². The van der Waals surface area contributed by atoms with Gasteiger partial charge in [-0.3, -0.25) is 14.6 Å². The number of carbonyl (C=O) groups excluding carboxylic acids is 2. The first kappa shape index (κ1) is 25.6. The van der Waals surface area contributed by atoms with Crippen LogP contribution in [0.15, 0.2) is 42.7 Å². The molecule has 1 aliphatic heterocycles. The number of piperidine rings is 2. The highest BCUT2D eigenvalue weighted by molar-refractivity contribution is 6.00. The molecule has 1 spiro atoms. The normalized spacial score (nSPS) is 24.1. The Morgan fingerprint density at radius 2 is 1.95 bits per heavy atom. The van der Waals surface area contributed by atoms with E-state index >= 15 is 0 Å². The topological polar surface area (TPSA) is 156 Å². The van der Waals surface area contributed by atoms with Gasteiger partial charge >= 0.3 is 0 Å². The van der Waals surface area contributed by atoms with Gasteiger partial charge in [0.15, 0.2) is 11.4 Å². The van der Waals surface area contributed by atoms with Gasteiger partial charge in [0.1, 0.15) is 18.2 Å². The molecule has 1 amide bonds. The number of hydrogen-bond donors (Lipinski definition) is 3. The summed E-state index contributed by atoms with van der Waals surface area (Å²) in [4.78, 5) is 36.7. The predicted molar refractivity (Wildman–Crippen MR) is 149 cm³/mol. The lowest BCUT2D eigenvalue weighted by Crippen LogP contribution is -2.85. The van der Waals surface area contributed by atoms with E-state index in [2.05, 4.69) is 10.1 Å². The molecule has 0 bridgehead atoms. The number of likely N-dealkylation sites (tertiary alicyclic amines) is 1. The molecule has 3 fully saturated rings. The van der Waals surface area contributed by atoms with Crippen molar-refractivity contribution in [3.63, 3.8) is 0 Å². The Labute approximate surface area is 235 Å². The molecule has 3 aliphatic rings. The molecule has 3 aromatic heterocycles. The molecule has 7 rings (SSSR count). The van der Waals surface area contributed by atoms with Crippen LogP contribution in [0, 0.1) is 5.41 Å². The standard InChI is InChI=1S/C30H30N6O5/c1-15(39)26-27(20-10-24-30(20)8-7-23(30)35(24)25(40)14-38)34-29-19(12-33-36(29)28(26)31)17-3-5-21(32-11-17)16-4-6-22(41-2)18(9-16)13-37/h3-6,9,11-12,20,23-24,37-38H,7-8,10,13-14,31H2,1-2H3. The highest BCUT2D eigenvalue weighted by Crippen LogP contribution is 2.74. The molecule has 4 aromatic rings. The smallest absolute Gasteiger partial charge is 0.248 e. The average Bonchev–Trinajstić information content (AvgIpc) is 3.39. The molecule has 2 aliphatic carbocycles. The van der Waals surface area contributed by atoms with Gasteiger partial charge in [-0.25, -0.2) is 4.98 Å². The van der Waals surface area contributed by atoms with Gasteiger partial charge < -0.3 is 25.6 Å². The van der Waals surface area contributed by atoms with E-state index in [1.54, 1.807) is 25.6 Å². The Hall–Kier alpha value is -4.35. The minimum atomic E-state index is -0.489. The number of anilines is 1. The second kappa shape index (κ2) is 9.08. The first-order chi connectivity index (χ1) is 19.8.